The zero-order valence-corrected chi connectivity index (χ0v) is 8.60. The standard InChI is InChI=1S/C10H11BrO/c1-8-4-5-9(3-2-6-12)7-10(8)11/h4-7H,2-3H2,1H3. The molecule has 1 aromatic carbocycles. The molecule has 0 radical (unpaired) electrons. The van der Waals surface area contributed by atoms with Gasteiger partial charge in [-0.05, 0) is 30.5 Å². The van der Waals surface area contributed by atoms with Crippen molar-refractivity contribution in [3.63, 3.8) is 0 Å². The van der Waals surface area contributed by atoms with Gasteiger partial charge in [-0.2, -0.15) is 0 Å². The average Bonchev–Trinajstić information content (AvgIpc) is 2.07. The first-order chi connectivity index (χ1) is 5.74. The molecular weight excluding hydrogens is 216 g/mol. The maximum Gasteiger partial charge on any atom is 0.120 e. The lowest BCUT2D eigenvalue weighted by Gasteiger charge is -2.01. The van der Waals surface area contributed by atoms with Crippen LogP contribution in [0, 0.1) is 6.92 Å². The molecule has 0 atom stereocenters. The number of carbonyl (C=O) groups is 1. The molecule has 0 heterocycles. The number of hydrogen-bond acceptors (Lipinski definition) is 1. The quantitative estimate of drug-likeness (QED) is 0.725. The normalized spacial score (nSPS) is 9.83. The number of halogens is 1. The van der Waals surface area contributed by atoms with Crippen LogP contribution in [0.25, 0.3) is 0 Å². The third kappa shape index (κ3) is 2.45. The van der Waals surface area contributed by atoms with Crippen LogP contribution < -0.4 is 0 Å². The van der Waals surface area contributed by atoms with E-state index in [-0.39, 0.29) is 0 Å². The van der Waals surface area contributed by atoms with Crippen molar-refractivity contribution in [3.05, 3.63) is 33.8 Å². The highest BCUT2D eigenvalue weighted by Crippen LogP contribution is 2.17. The van der Waals surface area contributed by atoms with Crippen molar-refractivity contribution >= 4 is 22.2 Å². The molecule has 0 aliphatic heterocycles. The summed E-state index contributed by atoms with van der Waals surface area (Å²) in [6.07, 6.45) is 2.39. The Labute approximate surface area is 80.9 Å². The number of aryl methyl sites for hydroxylation is 2. The highest BCUT2D eigenvalue weighted by Gasteiger charge is 1.96. The van der Waals surface area contributed by atoms with E-state index in [9.17, 15) is 4.79 Å². The fourth-order valence-corrected chi connectivity index (χ4v) is 1.44. The van der Waals surface area contributed by atoms with Crippen LogP contribution in [0.4, 0.5) is 0 Å². The van der Waals surface area contributed by atoms with Crippen LogP contribution in [0.5, 0.6) is 0 Å². The molecule has 1 nitrogen and oxygen atoms in total. The predicted octanol–water partition coefficient (Wildman–Crippen LogP) is 2.89. The van der Waals surface area contributed by atoms with Crippen molar-refractivity contribution in [2.24, 2.45) is 0 Å². The molecule has 0 fully saturated rings. The van der Waals surface area contributed by atoms with Crippen molar-refractivity contribution in [2.75, 3.05) is 0 Å². The molecule has 12 heavy (non-hydrogen) atoms. The van der Waals surface area contributed by atoms with Crippen LogP contribution in [0.3, 0.4) is 0 Å². The van der Waals surface area contributed by atoms with Gasteiger partial charge in [-0.1, -0.05) is 28.1 Å². The minimum absolute atomic E-state index is 0.607. The highest BCUT2D eigenvalue weighted by atomic mass is 79.9. The zero-order chi connectivity index (χ0) is 8.97. The second-order valence-corrected chi connectivity index (χ2v) is 3.64. The molecule has 0 unspecified atom stereocenters. The van der Waals surface area contributed by atoms with Crippen LogP contribution in [0.15, 0.2) is 22.7 Å². The van der Waals surface area contributed by atoms with E-state index in [2.05, 4.69) is 34.1 Å². The molecule has 0 saturated carbocycles. The minimum Gasteiger partial charge on any atom is -0.303 e. The Bertz CT molecular complexity index is 281. The maximum atomic E-state index is 10.1. The molecule has 0 aromatic heterocycles. The van der Waals surface area contributed by atoms with E-state index in [1.807, 2.05) is 6.92 Å². The lowest BCUT2D eigenvalue weighted by atomic mass is 10.1. The van der Waals surface area contributed by atoms with E-state index < -0.39 is 0 Å². The van der Waals surface area contributed by atoms with E-state index in [1.54, 1.807) is 0 Å². The molecular formula is C10H11BrO. The number of benzene rings is 1. The van der Waals surface area contributed by atoms with Crippen LogP contribution in [-0.4, -0.2) is 6.29 Å². The molecule has 0 spiro atoms. The van der Waals surface area contributed by atoms with Gasteiger partial charge in [-0.25, -0.2) is 0 Å². The first-order valence-electron chi connectivity index (χ1n) is 3.92. The summed E-state index contributed by atoms with van der Waals surface area (Å²) in [5, 5.41) is 0. The largest absolute Gasteiger partial charge is 0.303 e. The topological polar surface area (TPSA) is 17.1 Å². The summed E-state index contributed by atoms with van der Waals surface area (Å²) in [5.74, 6) is 0. The lowest BCUT2D eigenvalue weighted by molar-refractivity contribution is -0.107. The fraction of sp³-hybridized carbons (Fsp3) is 0.300. The van der Waals surface area contributed by atoms with E-state index in [0.717, 1.165) is 17.2 Å². The van der Waals surface area contributed by atoms with Gasteiger partial charge in [-0.15, -0.1) is 0 Å². The molecule has 0 saturated heterocycles. The first-order valence-corrected chi connectivity index (χ1v) is 4.72. The first kappa shape index (κ1) is 9.46. The molecule has 0 N–H and O–H groups in total. The zero-order valence-electron chi connectivity index (χ0n) is 7.01. The lowest BCUT2D eigenvalue weighted by Crippen LogP contribution is -1.87. The third-order valence-corrected chi connectivity index (χ3v) is 2.64. The number of rotatable bonds is 3. The van der Waals surface area contributed by atoms with Crippen LogP contribution in [0.1, 0.15) is 17.5 Å². The molecule has 2 heteroatoms. The second kappa shape index (κ2) is 4.41. The smallest absolute Gasteiger partial charge is 0.120 e. The van der Waals surface area contributed by atoms with Gasteiger partial charge in [0.15, 0.2) is 0 Å². The monoisotopic (exact) mass is 226 g/mol. The summed E-state index contributed by atoms with van der Waals surface area (Å²) < 4.78 is 1.12. The van der Waals surface area contributed by atoms with Gasteiger partial charge >= 0.3 is 0 Å². The molecule has 0 bridgehead atoms. The predicted molar refractivity (Wildman–Crippen MR) is 53.3 cm³/mol. The summed E-state index contributed by atoms with van der Waals surface area (Å²) in [7, 11) is 0. The maximum absolute atomic E-state index is 10.1. The molecule has 0 aliphatic rings. The summed E-state index contributed by atoms with van der Waals surface area (Å²) in [5.41, 5.74) is 2.43. The number of hydrogen-bond donors (Lipinski definition) is 0. The molecule has 0 amide bonds. The van der Waals surface area contributed by atoms with Gasteiger partial charge in [0.25, 0.3) is 0 Å². The van der Waals surface area contributed by atoms with E-state index in [4.69, 9.17) is 0 Å². The van der Waals surface area contributed by atoms with Crippen molar-refractivity contribution in [2.45, 2.75) is 19.8 Å². The Balaban J connectivity index is 2.75. The second-order valence-electron chi connectivity index (χ2n) is 2.79. The van der Waals surface area contributed by atoms with Crippen LogP contribution in [0.2, 0.25) is 0 Å². The minimum atomic E-state index is 0.607. The van der Waals surface area contributed by atoms with Gasteiger partial charge in [0.1, 0.15) is 6.29 Å². The summed E-state index contributed by atoms with van der Waals surface area (Å²) in [4.78, 5) is 10.1. The Morgan fingerprint density at radius 3 is 2.83 bits per heavy atom. The Hall–Kier alpha value is -0.630. The molecule has 0 aliphatic carbocycles. The third-order valence-electron chi connectivity index (χ3n) is 1.79. The van der Waals surface area contributed by atoms with Gasteiger partial charge < -0.3 is 4.79 Å². The van der Waals surface area contributed by atoms with E-state index in [1.165, 1.54) is 11.1 Å². The average molecular weight is 227 g/mol. The number of carbonyl (C=O) groups excluding carboxylic acids is 1. The van der Waals surface area contributed by atoms with Gasteiger partial charge in [0.2, 0.25) is 0 Å². The molecule has 1 rings (SSSR count). The Kier molecular flexibility index (Phi) is 3.48. The van der Waals surface area contributed by atoms with Gasteiger partial charge in [0, 0.05) is 10.9 Å². The molecule has 64 valence electrons. The van der Waals surface area contributed by atoms with E-state index >= 15 is 0 Å². The SMILES string of the molecule is Cc1ccc(CCC=O)cc1Br. The van der Waals surface area contributed by atoms with Crippen molar-refractivity contribution in [3.8, 4) is 0 Å². The van der Waals surface area contributed by atoms with Crippen molar-refractivity contribution < 1.29 is 4.79 Å². The Morgan fingerprint density at radius 2 is 2.25 bits per heavy atom. The fourth-order valence-electron chi connectivity index (χ4n) is 1.02. The Morgan fingerprint density at radius 1 is 1.50 bits per heavy atom. The van der Waals surface area contributed by atoms with Gasteiger partial charge in [0.05, 0.1) is 0 Å². The summed E-state index contributed by atoms with van der Waals surface area (Å²) >= 11 is 3.45. The van der Waals surface area contributed by atoms with Crippen molar-refractivity contribution in [1.82, 2.24) is 0 Å². The number of aldehydes is 1. The van der Waals surface area contributed by atoms with Gasteiger partial charge in [-0.3, -0.25) is 0 Å². The van der Waals surface area contributed by atoms with Crippen LogP contribution >= 0.6 is 15.9 Å². The molecule has 1 aromatic rings. The van der Waals surface area contributed by atoms with Crippen LogP contribution in [-0.2, 0) is 11.2 Å². The van der Waals surface area contributed by atoms with Crippen molar-refractivity contribution in [1.29, 1.82) is 0 Å². The summed E-state index contributed by atoms with van der Waals surface area (Å²) in [6, 6.07) is 6.19. The summed E-state index contributed by atoms with van der Waals surface area (Å²) in [6.45, 7) is 2.05. The van der Waals surface area contributed by atoms with E-state index in [0.29, 0.717) is 6.42 Å². The highest BCUT2D eigenvalue weighted by molar-refractivity contribution is 9.10.